The highest BCUT2D eigenvalue weighted by Crippen LogP contribution is 2.32. The topological polar surface area (TPSA) is 47.4 Å². The van der Waals surface area contributed by atoms with Crippen molar-refractivity contribution in [2.45, 2.75) is 82.8 Å². The van der Waals surface area contributed by atoms with E-state index in [2.05, 4.69) is 4.90 Å². The molecular weight excluding hydrogens is 429 g/mol. The summed E-state index contributed by atoms with van der Waals surface area (Å²) in [5.74, 6) is 1.29. The van der Waals surface area contributed by atoms with Crippen molar-refractivity contribution in [1.82, 2.24) is 14.5 Å². The maximum Gasteiger partial charge on any atom is 0.243 e. The van der Waals surface area contributed by atoms with Crippen LogP contribution in [0.15, 0.2) is 42.5 Å². The number of imidazole rings is 1. The molecule has 0 unspecified atom stereocenters. The lowest BCUT2D eigenvalue weighted by Crippen LogP contribution is -2.50. The predicted octanol–water partition coefficient (Wildman–Crippen LogP) is 6.35. The molecule has 2 aromatic carbocycles. The molecule has 0 aliphatic heterocycles. The van der Waals surface area contributed by atoms with Crippen molar-refractivity contribution in [2.24, 2.45) is 0 Å². The fourth-order valence-electron chi connectivity index (χ4n) is 5.85. The Balaban J connectivity index is 1.54. The smallest absolute Gasteiger partial charge is 0.243 e. The van der Waals surface area contributed by atoms with Gasteiger partial charge in [0.25, 0.3) is 0 Å². The minimum Gasteiger partial charge on any atom is -0.497 e. The number of methoxy groups -OCH3 is 1. The van der Waals surface area contributed by atoms with Crippen molar-refractivity contribution in [3.05, 3.63) is 48.3 Å². The lowest BCUT2D eigenvalue weighted by atomic mass is 9.88. The summed E-state index contributed by atoms with van der Waals surface area (Å²) in [5, 5.41) is 0. The van der Waals surface area contributed by atoms with Gasteiger partial charge in [0, 0.05) is 23.7 Å². The maximum atomic E-state index is 14.0. The fourth-order valence-corrected chi connectivity index (χ4v) is 5.85. The molecule has 6 heteroatoms. The van der Waals surface area contributed by atoms with E-state index in [0.717, 1.165) is 48.0 Å². The average Bonchev–Trinajstić information content (AvgIpc) is 3.23. The second-order valence-corrected chi connectivity index (χ2v) is 9.77. The van der Waals surface area contributed by atoms with Crippen LogP contribution in [-0.2, 0) is 11.3 Å². The number of carbonyl (C=O) groups excluding carboxylic acids is 1. The Morgan fingerprint density at radius 2 is 1.59 bits per heavy atom. The van der Waals surface area contributed by atoms with Crippen LogP contribution in [0.1, 0.15) is 64.2 Å². The molecule has 34 heavy (non-hydrogen) atoms. The number of carbonyl (C=O) groups is 1. The van der Waals surface area contributed by atoms with E-state index in [1.54, 1.807) is 19.2 Å². The van der Waals surface area contributed by atoms with Crippen molar-refractivity contribution in [1.29, 1.82) is 0 Å². The molecule has 2 saturated carbocycles. The van der Waals surface area contributed by atoms with Gasteiger partial charge in [-0.25, -0.2) is 9.37 Å². The van der Waals surface area contributed by atoms with Crippen molar-refractivity contribution in [3.8, 4) is 17.1 Å². The Hall–Kier alpha value is -2.89. The summed E-state index contributed by atoms with van der Waals surface area (Å²) in [6, 6.07) is 12.8. The molecule has 0 saturated heterocycles. The van der Waals surface area contributed by atoms with E-state index in [0.29, 0.717) is 17.9 Å². The van der Waals surface area contributed by atoms with E-state index in [1.165, 1.54) is 50.7 Å². The molecule has 2 aliphatic carbocycles. The van der Waals surface area contributed by atoms with Gasteiger partial charge in [-0.15, -0.1) is 0 Å². The molecule has 180 valence electrons. The molecule has 0 radical (unpaired) electrons. The van der Waals surface area contributed by atoms with Crippen LogP contribution in [0.5, 0.6) is 5.75 Å². The number of aromatic nitrogens is 2. The Bertz CT molecular complexity index is 1110. The lowest BCUT2D eigenvalue weighted by molar-refractivity contribution is -0.138. The number of halogens is 1. The van der Waals surface area contributed by atoms with Crippen molar-refractivity contribution in [3.63, 3.8) is 0 Å². The monoisotopic (exact) mass is 463 g/mol. The number of nitrogens with zero attached hydrogens (tertiary/aromatic N) is 3. The molecule has 3 aromatic rings. The zero-order valence-corrected chi connectivity index (χ0v) is 20.0. The summed E-state index contributed by atoms with van der Waals surface area (Å²) < 4.78 is 21.1. The summed E-state index contributed by atoms with van der Waals surface area (Å²) in [5.41, 5.74) is 2.46. The van der Waals surface area contributed by atoms with Gasteiger partial charge < -0.3 is 14.2 Å². The van der Waals surface area contributed by atoms with Gasteiger partial charge in [-0.2, -0.15) is 0 Å². The van der Waals surface area contributed by atoms with E-state index >= 15 is 0 Å². The molecule has 2 aliphatic rings. The highest BCUT2D eigenvalue weighted by Gasteiger charge is 2.33. The zero-order chi connectivity index (χ0) is 23.5. The second-order valence-electron chi connectivity index (χ2n) is 9.77. The minimum atomic E-state index is -0.287. The van der Waals surface area contributed by atoms with Gasteiger partial charge in [0.2, 0.25) is 5.91 Å². The molecule has 1 aromatic heterocycles. The molecule has 1 heterocycles. The van der Waals surface area contributed by atoms with E-state index in [1.807, 2.05) is 22.8 Å². The average molecular weight is 464 g/mol. The van der Waals surface area contributed by atoms with E-state index in [4.69, 9.17) is 9.72 Å². The first kappa shape index (κ1) is 22.9. The number of hydrogen-bond donors (Lipinski definition) is 0. The minimum absolute atomic E-state index is 0.171. The van der Waals surface area contributed by atoms with Crippen LogP contribution in [0.2, 0.25) is 0 Å². The molecule has 0 bridgehead atoms. The van der Waals surface area contributed by atoms with Crippen LogP contribution in [0.25, 0.3) is 22.4 Å². The van der Waals surface area contributed by atoms with Gasteiger partial charge in [-0.3, -0.25) is 4.79 Å². The second kappa shape index (κ2) is 10.2. The number of fused-ring (bicyclic) bond motifs is 1. The van der Waals surface area contributed by atoms with Gasteiger partial charge in [0.05, 0.1) is 18.1 Å². The Labute approximate surface area is 200 Å². The van der Waals surface area contributed by atoms with Crippen molar-refractivity contribution >= 4 is 16.9 Å². The maximum absolute atomic E-state index is 14.0. The Kier molecular flexibility index (Phi) is 6.84. The van der Waals surface area contributed by atoms with Gasteiger partial charge in [0.1, 0.15) is 23.9 Å². The SMILES string of the molecule is COc1ccc2nc(-c3ccc(F)cc3)n(CC(=O)N(C3CCCCC3)C3CCCCC3)c2c1. The molecule has 1 amide bonds. The summed E-state index contributed by atoms with van der Waals surface area (Å²) >= 11 is 0. The molecule has 0 atom stereocenters. The lowest BCUT2D eigenvalue weighted by Gasteiger charge is -2.42. The Morgan fingerprint density at radius 3 is 2.18 bits per heavy atom. The van der Waals surface area contributed by atoms with Crippen LogP contribution in [0.4, 0.5) is 4.39 Å². The van der Waals surface area contributed by atoms with Crippen LogP contribution < -0.4 is 4.74 Å². The van der Waals surface area contributed by atoms with Gasteiger partial charge in [-0.05, 0) is 62.1 Å². The van der Waals surface area contributed by atoms with Crippen LogP contribution in [0, 0.1) is 5.82 Å². The third-order valence-corrected chi connectivity index (χ3v) is 7.58. The van der Waals surface area contributed by atoms with Gasteiger partial charge >= 0.3 is 0 Å². The quantitative estimate of drug-likeness (QED) is 0.428. The van der Waals surface area contributed by atoms with Gasteiger partial charge in [-0.1, -0.05) is 38.5 Å². The van der Waals surface area contributed by atoms with Crippen molar-refractivity contribution in [2.75, 3.05) is 7.11 Å². The van der Waals surface area contributed by atoms with Crippen molar-refractivity contribution < 1.29 is 13.9 Å². The molecular formula is C28H34FN3O2. The van der Waals surface area contributed by atoms with Gasteiger partial charge in [0.15, 0.2) is 0 Å². The van der Waals surface area contributed by atoms with E-state index in [-0.39, 0.29) is 18.3 Å². The third kappa shape index (κ3) is 4.68. The highest BCUT2D eigenvalue weighted by atomic mass is 19.1. The summed E-state index contributed by atoms with van der Waals surface area (Å²) in [4.78, 5) is 21.1. The largest absolute Gasteiger partial charge is 0.497 e. The number of rotatable bonds is 6. The van der Waals surface area contributed by atoms with E-state index in [9.17, 15) is 9.18 Å². The standard InChI is InChI=1S/C28H34FN3O2/c1-34-24-16-17-25-26(18-24)31(28(30-25)20-12-14-21(29)15-13-20)19-27(33)32(22-8-4-2-5-9-22)23-10-6-3-7-11-23/h12-18,22-23H,2-11,19H2,1H3. The number of benzene rings is 2. The first-order chi connectivity index (χ1) is 16.6. The van der Waals surface area contributed by atoms with Crippen LogP contribution >= 0.6 is 0 Å². The molecule has 5 rings (SSSR count). The number of hydrogen-bond acceptors (Lipinski definition) is 3. The molecule has 2 fully saturated rings. The summed E-state index contributed by atoms with van der Waals surface area (Å²) in [7, 11) is 1.64. The molecule has 0 spiro atoms. The number of amides is 1. The normalized spacial score (nSPS) is 17.7. The fraction of sp³-hybridized carbons (Fsp3) is 0.500. The molecule has 0 N–H and O–H groups in total. The van der Waals surface area contributed by atoms with Crippen LogP contribution in [-0.4, -0.2) is 39.6 Å². The predicted molar refractivity (Wildman–Crippen MR) is 132 cm³/mol. The summed E-state index contributed by atoms with van der Waals surface area (Å²) in [6.45, 7) is 0.226. The third-order valence-electron chi connectivity index (χ3n) is 7.58. The summed E-state index contributed by atoms with van der Waals surface area (Å²) in [6.07, 6.45) is 11.8. The first-order valence-electron chi connectivity index (χ1n) is 12.8. The van der Waals surface area contributed by atoms with Crippen LogP contribution in [0.3, 0.4) is 0 Å². The molecule has 5 nitrogen and oxygen atoms in total. The number of ether oxygens (including phenoxy) is 1. The Morgan fingerprint density at radius 1 is 0.971 bits per heavy atom. The highest BCUT2D eigenvalue weighted by molar-refractivity contribution is 5.85. The zero-order valence-electron chi connectivity index (χ0n) is 20.0. The van der Waals surface area contributed by atoms with E-state index < -0.39 is 0 Å². The first-order valence-corrected chi connectivity index (χ1v) is 12.8.